The van der Waals surface area contributed by atoms with Crippen LogP contribution in [-0.2, 0) is 20.9 Å². The van der Waals surface area contributed by atoms with Crippen LogP contribution >= 0.6 is 0 Å². The number of piperidine rings is 1. The van der Waals surface area contributed by atoms with Crippen molar-refractivity contribution in [3.8, 4) is 6.07 Å². The van der Waals surface area contributed by atoms with E-state index in [4.69, 9.17) is 14.3 Å². The molecule has 5 nitrogen and oxygen atoms in total. The highest BCUT2D eigenvalue weighted by Crippen LogP contribution is 2.52. The zero-order valence-electron chi connectivity index (χ0n) is 14.6. The van der Waals surface area contributed by atoms with Crippen molar-refractivity contribution in [1.29, 1.82) is 5.26 Å². The van der Waals surface area contributed by atoms with Gasteiger partial charge in [-0.2, -0.15) is 10.3 Å². The van der Waals surface area contributed by atoms with Gasteiger partial charge in [0, 0.05) is 0 Å². The minimum Gasteiger partial charge on any atom is -0.354 e. The van der Waals surface area contributed by atoms with Crippen LogP contribution < -0.4 is 0 Å². The summed E-state index contributed by atoms with van der Waals surface area (Å²) >= 11 is 0. The Hall–Kier alpha value is -1.45. The Bertz CT molecular complexity index is 613. The summed E-state index contributed by atoms with van der Waals surface area (Å²) in [5, 5.41) is 11.8. The van der Waals surface area contributed by atoms with Crippen LogP contribution in [0, 0.1) is 17.2 Å². The van der Waals surface area contributed by atoms with Crippen molar-refractivity contribution in [2.75, 3.05) is 13.4 Å². The van der Waals surface area contributed by atoms with Gasteiger partial charge >= 0.3 is 0 Å². The molecule has 25 heavy (non-hydrogen) atoms. The molecular formula is C20H26N2O3. The fraction of sp³-hybridized carbons (Fsp3) is 0.650. The molecule has 0 unspecified atom stereocenters. The van der Waals surface area contributed by atoms with Gasteiger partial charge in [-0.1, -0.05) is 30.3 Å². The standard InChI is InChI=1S/C20H26N2O3/c21-12-18-19-9-5-11-20(18)10-4-8-17(22(20)25-19)14-24-15-23-13-16-6-2-1-3-7-16/h1-3,6-7,17-19H,4-5,8-11,13-15H2/t17-,18+,19-,20+/m0/s1. The number of rotatable bonds is 6. The molecule has 2 aliphatic heterocycles. The van der Waals surface area contributed by atoms with Gasteiger partial charge in [0.15, 0.2) is 0 Å². The van der Waals surface area contributed by atoms with Crippen LogP contribution in [0.4, 0.5) is 0 Å². The van der Waals surface area contributed by atoms with Crippen LogP contribution in [0.5, 0.6) is 0 Å². The third kappa shape index (κ3) is 3.20. The SMILES string of the molecule is N#C[C@@H]1[C@@H]2CCC[C@]13CCC[C@@H](COCOCc1ccccc1)N3O2. The molecule has 0 radical (unpaired) electrons. The van der Waals surface area contributed by atoms with Crippen molar-refractivity contribution in [3.63, 3.8) is 0 Å². The van der Waals surface area contributed by atoms with Crippen molar-refractivity contribution in [1.82, 2.24) is 5.06 Å². The molecule has 1 aliphatic carbocycles. The van der Waals surface area contributed by atoms with E-state index in [0.717, 1.165) is 44.1 Å². The molecular weight excluding hydrogens is 316 g/mol. The van der Waals surface area contributed by atoms with E-state index in [9.17, 15) is 5.26 Å². The summed E-state index contributed by atoms with van der Waals surface area (Å²) in [6, 6.07) is 12.9. The minimum absolute atomic E-state index is 0.0124. The topological polar surface area (TPSA) is 54.7 Å². The number of hydrogen-bond donors (Lipinski definition) is 0. The lowest BCUT2D eigenvalue weighted by molar-refractivity contribution is -0.235. The minimum atomic E-state index is -0.0746. The molecule has 1 spiro atoms. The van der Waals surface area contributed by atoms with Crippen LogP contribution in [0.3, 0.4) is 0 Å². The maximum atomic E-state index is 9.64. The molecule has 2 heterocycles. The second kappa shape index (κ2) is 7.43. The van der Waals surface area contributed by atoms with Gasteiger partial charge in [0.05, 0.1) is 42.9 Å². The van der Waals surface area contributed by atoms with Crippen LogP contribution in [0.2, 0.25) is 0 Å². The van der Waals surface area contributed by atoms with Crippen molar-refractivity contribution < 1.29 is 14.3 Å². The van der Waals surface area contributed by atoms with Crippen LogP contribution in [0.1, 0.15) is 44.1 Å². The number of fused-ring (bicyclic) bond motifs is 1. The highest BCUT2D eigenvalue weighted by atomic mass is 16.7. The number of ether oxygens (including phenoxy) is 2. The fourth-order valence-corrected chi connectivity index (χ4v) is 4.82. The quantitative estimate of drug-likeness (QED) is 0.586. The van der Waals surface area contributed by atoms with Gasteiger partial charge in [0.25, 0.3) is 0 Å². The van der Waals surface area contributed by atoms with Crippen LogP contribution in [0.25, 0.3) is 0 Å². The predicted octanol–water partition coefficient (Wildman–Crippen LogP) is 3.41. The predicted molar refractivity (Wildman–Crippen MR) is 92.1 cm³/mol. The van der Waals surface area contributed by atoms with E-state index in [1.54, 1.807) is 0 Å². The second-order valence-corrected chi connectivity index (χ2v) is 7.44. The van der Waals surface area contributed by atoms with E-state index in [1.807, 2.05) is 30.3 Å². The number of hydroxylamine groups is 2. The number of nitrogens with zero attached hydrogens (tertiary/aromatic N) is 2. The molecule has 4 atom stereocenters. The lowest BCUT2D eigenvalue weighted by Crippen LogP contribution is -2.56. The van der Waals surface area contributed by atoms with Gasteiger partial charge in [0.1, 0.15) is 6.79 Å². The summed E-state index contributed by atoms with van der Waals surface area (Å²) in [6.45, 7) is 1.45. The third-order valence-electron chi connectivity index (χ3n) is 5.94. The molecule has 3 fully saturated rings. The summed E-state index contributed by atoms with van der Waals surface area (Å²) in [7, 11) is 0. The Kier molecular flexibility index (Phi) is 5.05. The molecule has 2 bridgehead atoms. The molecule has 1 aromatic carbocycles. The normalized spacial score (nSPS) is 34.4. The zero-order chi connectivity index (χ0) is 17.1. The van der Waals surface area contributed by atoms with Gasteiger partial charge in [-0.25, -0.2) is 0 Å². The monoisotopic (exact) mass is 342 g/mol. The lowest BCUT2D eigenvalue weighted by atomic mass is 9.68. The first-order chi connectivity index (χ1) is 12.3. The summed E-state index contributed by atoms with van der Waals surface area (Å²) in [6.07, 6.45) is 6.59. The number of benzene rings is 1. The molecule has 2 saturated heterocycles. The first-order valence-corrected chi connectivity index (χ1v) is 9.39. The Balaban J connectivity index is 1.29. The van der Waals surface area contributed by atoms with Gasteiger partial charge < -0.3 is 9.47 Å². The average molecular weight is 342 g/mol. The van der Waals surface area contributed by atoms with Gasteiger partial charge in [-0.15, -0.1) is 0 Å². The van der Waals surface area contributed by atoms with Gasteiger partial charge in [-0.05, 0) is 44.1 Å². The Morgan fingerprint density at radius 3 is 2.76 bits per heavy atom. The average Bonchev–Trinajstić information content (AvgIpc) is 2.83. The van der Waals surface area contributed by atoms with Crippen LogP contribution in [-0.4, -0.2) is 36.1 Å². The molecule has 1 aromatic rings. The summed E-state index contributed by atoms with van der Waals surface area (Å²) in [5.74, 6) is 0.0124. The molecule has 3 aliphatic rings. The molecule has 5 heteroatoms. The second-order valence-electron chi connectivity index (χ2n) is 7.44. The molecule has 1 saturated carbocycles. The Morgan fingerprint density at radius 1 is 1.16 bits per heavy atom. The Labute approximate surface area is 149 Å². The zero-order valence-corrected chi connectivity index (χ0v) is 14.6. The van der Waals surface area contributed by atoms with Crippen molar-refractivity contribution >= 4 is 0 Å². The van der Waals surface area contributed by atoms with Gasteiger partial charge in [-0.3, -0.25) is 4.84 Å². The fourth-order valence-electron chi connectivity index (χ4n) is 4.82. The lowest BCUT2D eigenvalue weighted by Gasteiger charge is -2.46. The maximum Gasteiger partial charge on any atom is 0.147 e. The maximum absolute atomic E-state index is 9.64. The third-order valence-corrected chi connectivity index (χ3v) is 5.94. The van der Waals surface area contributed by atoms with Crippen molar-refractivity contribution in [2.45, 2.75) is 62.8 Å². The van der Waals surface area contributed by atoms with Crippen LogP contribution in [0.15, 0.2) is 30.3 Å². The molecule has 134 valence electrons. The van der Waals surface area contributed by atoms with Gasteiger partial charge in [0.2, 0.25) is 0 Å². The first kappa shape index (κ1) is 17.0. The van der Waals surface area contributed by atoms with Crippen molar-refractivity contribution in [3.05, 3.63) is 35.9 Å². The van der Waals surface area contributed by atoms with E-state index in [1.165, 1.54) is 0 Å². The summed E-state index contributed by atoms with van der Waals surface area (Å²) < 4.78 is 11.4. The highest BCUT2D eigenvalue weighted by molar-refractivity contribution is 5.15. The van der Waals surface area contributed by atoms with E-state index >= 15 is 0 Å². The smallest absolute Gasteiger partial charge is 0.147 e. The summed E-state index contributed by atoms with van der Waals surface area (Å²) in [5.41, 5.74) is 1.07. The number of hydrogen-bond acceptors (Lipinski definition) is 5. The molecule has 0 N–H and O–H groups in total. The molecule has 0 aromatic heterocycles. The Morgan fingerprint density at radius 2 is 1.96 bits per heavy atom. The van der Waals surface area contributed by atoms with E-state index in [-0.39, 0.29) is 30.4 Å². The molecule has 4 rings (SSSR count). The number of nitriles is 1. The summed E-state index contributed by atoms with van der Waals surface area (Å²) in [4.78, 5) is 6.21. The first-order valence-electron chi connectivity index (χ1n) is 9.39. The van der Waals surface area contributed by atoms with E-state index < -0.39 is 0 Å². The highest BCUT2D eigenvalue weighted by Gasteiger charge is 2.60. The van der Waals surface area contributed by atoms with E-state index in [2.05, 4.69) is 11.1 Å². The molecule has 0 amide bonds. The van der Waals surface area contributed by atoms with E-state index in [0.29, 0.717) is 13.2 Å². The largest absolute Gasteiger partial charge is 0.354 e. The van der Waals surface area contributed by atoms with Crippen molar-refractivity contribution in [2.24, 2.45) is 5.92 Å².